The fourth-order valence-corrected chi connectivity index (χ4v) is 6.22. The van der Waals surface area contributed by atoms with E-state index in [2.05, 4.69) is 34.5 Å². The van der Waals surface area contributed by atoms with E-state index in [1.807, 2.05) is 37.5 Å². The summed E-state index contributed by atoms with van der Waals surface area (Å²) < 4.78 is 2.09. The van der Waals surface area contributed by atoms with Gasteiger partial charge in [-0.05, 0) is 55.5 Å². The lowest BCUT2D eigenvalue weighted by Crippen LogP contribution is -2.43. The quantitative estimate of drug-likeness (QED) is 0.430. The molecule has 170 valence electrons. The van der Waals surface area contributed by atoms with Crippen LogP contribution < -0.4 is 5.73 Å². The van der Waals surface area contributed by atoms with Crippen LogP contribution in [-0.2, 0) is 5.54 Å². The van der Waals surface area contributed by atoms with Crippen molar-refractivity contribution in [3.63, 3.8) is 0 Å². The molecule has 0 saturated heterocycles. The molecule has 1 unspecified atom stereocenters. The van der Waals surface area contributed by atoms with Crippen LogP contribution in [0.3, 0.4) is 0 Å². The van der Waals surface area contributed by atoms with Gasteiger partial charge in [-0.15, -0.1) is 17.8 Å². The van der Waals surface area contributed by atoms with E-state index in [0.717, 1.165) is 63.7 Å². The number of thiazole rings is 1. The summed E-state index contributed by atoms with van der Waals surface area (Å²) in [6.45, 7) is 2.07. The minimum atomic E-state index is -0.277. The maximum Gasteiger partial charge on any atom is 0.256 e. The molecule has 1 saturated carbocycles. The number of rotatable bonds is 3. The van der Waals surface area contributed by atoms with Gasteiger partial charge < -0.3 is 10.6 Å². The number of nitrogens with zero attached hydrogens (tertiary/aromatic N) is 4. The topological polar surface area (TPSA) is 77.0 Å². The summed E-state index contributed by atoms with van der Waals surface area (Å²) in [5.41, 5.74) is 11.1. The molecule has 1 amide bonds. The zero-order chi connectivity index (χ0) is 23.6. The molecule has 1 atom stereocenters. The first-order valence-corrected chi connectivity index (χ1v) is 12.4. The number of terminal acetylenes is 1. The molecule has 0 radical (unpaired) electrons. The van der Waals surface area contributed by atoms with E-state index in [-0.39, 0.29) is 17.5 Å². The summed E-state index contributed by atoms with van der Waals surface area (Å²) in [4.78, 5) is 25.9. The van der Waals surface area contributed by atoms with Gasteiger partial charge in [-0.3, -0.25) is 9.36 Å². The predicted octanol–water partition coefficient (Wildman–Crippen LogP) is 5.00. The number of carbonyl (C=O) groups excluding carboxylic acids is 1. The molecule has 3 heterocycles. The summed E-state index contributed by atoms with van der Waals surface area (Å²) in [5, 5.41) is 0.999. The summed E-state index contributed by atoms with van der Waals surface area (Å²) in [6.07, 6.45) is 11.7. The summed E-state index contributed by atoms with van der Waals surface area (Å²) in [5.74, 6) is 3.56. The number of fused-ring (bicyclic) bond motifs is 5. The standard InChI is InChI=1S/C27H25N5OS/c1-4-16-8-6-9-18-23(16)32-21-14-17(22-15-29-26(34-22)27(28)12-7-13-27)10-11-19(21)30-24(32)20(5-2)31(3)25(18)33/h1,6,8-11,14-15,20H,5,7,12-13,28H2,2-3H3. The Morgan fingerprint density at radius 3 is 2.82 bits per heavy atom. The van der Waals surface area contributed by atoms with Gasteiger partial charge in [0.05, 0.1) is 38.7 Å². The van der Waals surface area contributed by atoms with Gasteiger partial charge in [0.2, 0.25) is 0 Å². The highest BCUT2D eigenvalue weighted by Gasteiger charge is 2.37. The Hall–Kier alpha value is -3.47. The van der Waals surface area contributed by atoms with E-state index in [0.29, 0.717) is 11.1 Å². The number of nitrogens with two attached hydrogens (primary N) is 1. The maximum atomic E-state index is 13.4. The normalized spacial score (nSPS) is 18.7. The van der Waals surface area contributed by atoms with Crippen molar-refractivity contribution in [3.8, 4) is 28.5 Å². The molecule has 1 fully saturated rings. The molecule has 2 aromatic carbocycles. The monoisotopic (exact) mass is 467 g/mol. The van der Waals surface area contributed by atoms with E-state index in [1.54, 1.807) is 16.2 Å². The zero-order valence-corrected chi connectivity index (χ0v) is 20.0. The lowest BCUT2D eigenvalue weighted by atomic mass is 9.78. The SMILES string of the molecule is C#Cc1cccc2c1-n1c(nc3ccc(-c4cnc(C5(N)CCC5)s4)cc31)C(CC)N(C)C2=O. The molecule has 1 aliphatic heterocycles. The number of hydrogen-bond donors (Lipinski definition) is 1. The molecule has 7 heteroatoms. The second-order valence-corrected chi connectivity index (χ2v) is 10.3. The molecule has 0 bridgehead atoms. The number of para-hydroxylation sites is 1. The zero-order valence-electron chi connectivity index (χ0n) is 19.2. The Labute approximate surface area is 202 Å². The van der Waals surface area contributed by atoms with Crippen molar-refractivity contribution in [2.75, 3.05) is 7.05 Å². The first-order valence-electron chi connectivity index (χ1n) is 11.6. The first kappa shape index (κ1) is 21.1. The van der Waals surface area contributed by atoms with Crippen LogP contribution in [0.1, 0.15) is 65.4 Å². The van der Waals surface area contributed by atoms with Crippen LogP contribution in [-0.4, -0.2) is 32.4 Å². The number of carbonyl (C=O) groups is 1. The van der Waals surface area contributed by atoms with Crippen molar-refractivity contribution >= 4 is 28.3 Å². The third-order valence-electron chi connectivity index (χ3n) is 7.26. The van der Waals surface area contributed by atoms with Crippen LogP contribution >= 0.6 is 11.3 Å². The van der Waals surface area contributed by atoms with Gasteiger partial charge in [0, 0.05) is 18.8 Å². The van der Waals surface area contributed by atoms with Crippen molar-refractivity contribution < 1.29 is 4.79 Å². The van der Waals surface area contributed by atoms with Gasteiger partial charge in [-0.2, -0.15) is 0 Å². The molecule has 1 aliphatic carbocycles. The molecular formula is C27H25N5OS. The third kappa shape index (κ3) is 2.89. The molecule has 2 aromatic heterocycles. The molecule has 2 aliphatic rings. The van der Waals surface area contributed by atoms with E-state index in [1.165, 1.54) is 0 Å². The minimum absolute atomic E-state index is 0.0467. The Morgan fingerprint density at radius 2 is 2.12 bits per heavy atom. The van der Waals surface area contributed by atoms with Crippen molar-refractivity contribution in [1.29, 1.82) is 0 Å². The second-order valence-electron chi connectivity index (χ2n) is 9.23. The van der Waals surface area contributed by atoms with Crippen molar-refractivity contribution in [1.82, 2.24) is 19.4 Å². The van der Waals surface area contributed by atoms with E-state index in [9.17, 15) is 4.79 Å². The van der Waals surface area contributed by atoms with Gasteiger partial charge in [-0.1, -0.05) is 25.0 Å². The van der Waals surface area contributed by atoms with Gasteiger partial charge in [0.15, 0.2) is 0 Å². The van der Waals surface area contributed by atoms with Crippen molar-refractivity contribution in [3.05, 3.63) is 64.6 Å². The second kappa shape index (κ2) is 7.52. The van der Waals surface area contributed by atoms with Gasteiger partial charge >= 0.3 is 0 Å². The highest BCUT2D eigenvalue weighted by atomic mass is 32.1. The van der Waals surface area contributed by atoms with E-state index in [4.69, 9.17) is 17.1 Å². The highest BCUT2D eigenvalue weighted by molar-refractivity contribution is 7.15. The fraction of sp³-hybridized carbons (Fsp3) is 0.296. The maximum absolute atomic E-state index is 13.4. The van der Waals surface area contributed by atoms with Gasteiger partial charge in [0.1, 0.15) is 10.8 Å². The largest absolute Gasteiger partial charge is 0.331 e. The third-order valence-corrected chi connectivity index (χ3v) is 8.53. The Balaban J connectivity index is 1.60. The van der Waals surface area contributed by atoms with Crippen molar-refractivity contribution in [2.45, 2.75) is 44.2 Å². The lowest BCUT2D eigenvalue weighted by Gasteiger charge is -2.35. The van der Waals surface area contributed by atoms with Crippen LogP contribution in [0.5, 0.6) is 0 Å². The smallest absolute Gasteiger partial charge is 0.256 e. The van der Waals surface area contributed by atoms with Crippen LogP contribution in [0.25, 0.3) is 27.2 Å². The van der Waals surface area contributed by atoms with Gasteiger partial charge in [-0.25, -0.2) is 9.97 Å². The minimum Gasteiger partial charge on any atom is -0.331 e. The number of aromatic nitrogens is 3. The molecule has 4 aromatic rings. The Kier molecular flexibility index (Phi) is 4.67. The average Bonchev–Trinajstić information content (AvgIpc) is 3.45. The first-order chi connectivity index (χ1) is 16.4. The highest BCUT2D eigenvalue weighted by Crippen LogP contribution is 2.43. The lowest BCUT2D eigenvalue weighted by molar-refractivity contribution is 0.0726. The Morgan fingerprint density at radius 1 is 1.29 bits per heavy atom. The molecule has 6 rings (SSSR count). The predicted molar refractivity (Wildman–Crippen MR) is 135 cm³/mol. The molecule has 6 nitrogen and oxygen atoms in total. The number of hydrogen-bond acceptors (Lipinski definition) is 5. The molecule has 0 spiro atoms. The average molecular weight is 468 g/mol. The summed E-state index contributed by atoms with van der Waals surface area (Å²) in [6, 6.07) is 11.7. The molecule has 34 heavy (non-hydrogen) atoms. The summed E-state index contributed by atoms with van der Waals surface area (Å²) >= 11 is 1.66. The van der Waals surface area contributed by atoms with Crippen molar-refractivity contribution in [2.24, 2.45) is 5.73 Å². The van der Waals surface area contributed by atoms with Crippen LogP contribution in [0, 0.1) is 12.3 Å². The molecular weight excluding hydrogens is 442 g/mol. The number of imidazole rings is 1. The summed E-state index contributed by atoms with van der Waals surface area (Å²) in [7, 11) is 1.84. The van der Waals surface area contributed by atoms with Crippen LogP contribution in [0.4, 0.5) is 0 Å². The molecule has 2 N–H and O–H groups in total. The van der Waals surface area contributed by atoms with E-state index < -0.39 is 0 Å². The van der Waals surface area contributed by atoms with Crippen LogP contribution in [0.2, 0.25) is 0 Å². The van der Waals surface area contributed by atoms with Gasteiger partial charge in [0.25, 0.3) is 5.91 Å². The number of amides is 1. The van der Waals surface area contributed by atoms with E-state index >= 15 is 0 Å². The number of benzene rings is 2. The Bertz CT molecular complexity index is 1500. The van der Waals surface area contributed by atoms with Crippen LogP contribution in [0.15, 0.2) is 42.6 Å². The fourth-order valence-electron chi connectivity index (χ4n) is 5.15.